The molecule has 2 amide bonds. The Morgan fingerprint density at radius 1 is 1.20 bits per heavy atom. The van der Waals surface area contributed by atoms with Gasteiger partial charge in [-0.25, -0.2) is 9.78 Å². The maximum Gasteiger partial charge on any atom is 0.336 e. The van der Waals surface area contributed by atoms with Crippen LogP contribution in [0.1, 0.15) is 35.2 Å². The van der Waals surface area contributed by atoms with Crippen LogP contribution in [0.25, 0.3) is 28.0 Å². The Labute approximate surface area is 240 Å². The number of hydrogen-bond acceptors (Lipinski definition) is 8. The predicted octanol–water partition coefficient (Wildman–Crippen LogP) is 3.19. The van der Waals surface area contributed by atoms with Crippen LogP contribution in [0.5, 0.6) is 0 Å². The van der Waals surface area contributed by atoms with E-state index in [-0.39, 0.29) is 18.1 Å². The summed E-state index contributed by atoms with van der Waals surface area (Å²) >= 11 is 3.71. The maximum atomic E-state index is 13.2. The molecule has 1 atom stereocenters. The third-order valence-corrected chi connectivity index (χ3v) is 7.70. The molecule has 1 unspecified atom stereocenters. The second kappa shape index (κ2) is 10.3. The molecule has 0 aliphatic carbocycles. The number of carboxylic acids is 1. The Bertz CT molecular complexity index is 1830. The summed E-state index contributed by atoms with van der Waals surface area (Å²) in [5.41, 5.74) is 3.15. The van der Waals surface area contributed by atoms with E-state index in [2.05, 4.69) is 41.8 Å². The molecule has 3 aromatic heterocycles. The number of para-hydroxylation sites is 1. The van der Waals surface area contributed by atoms with E-state index in [4.69, 9.17) is 4.42 Å². The molecule has 2 N–H and O–H groups in total. The third-order valence-electron chi connectivity index (χ3n) is 6.91. The molecule has 0 saturated heterocycles. The number of anilines is 1. The SMILES string of the molecule is CCCc1nc2c(n1Cc1ccc3oc(-c4ccccc4-n4cnnn4)c(Br)c3c1)C(=O)NC(C(=O)O)C(=O)N2C. The average Bonchev–Trinajstić information content (AvgIpc) is 3.68. The first-order valence-electron chi connectivity index (χ1n) is 12.7. The van der Waals surface area contributed by atoms with Crippen molar-refractivity contribution < 1.29 is 23.9 Å². The highest BCUT2D eigenvalue weighted by atomic mass is 79.9. The van der Waals surface area contributed by atoms with E-state index in [1.54, 1.807) is 9.25 Å². The Morgan fingerprint density at radius 3 is 2.73 bits per heavy atom. The molecule has 2 aromatic carbocycles. The highest BCUT2D eigenvalue weighted by molar-refractivity contribution is 9.10. The van der Waals surface area contributed by atoms with E-state index in [0.29, 0.717) is 23.6 Å². The number of halogens is 1. The monoisotopic (exact) mass is 618 g/mol. The summed E-state index contributed by atoms with van der Waals surface area (Å²) in [6.45, 7) is 2.25. The highest BCUT2D eigenvalue weighted by Crippen LogP contribution is 2.40. The number of likely N-dealkylation sites (N-methyl/N-ethyl adjacent to an activating group) is 1. The van der Waals surface area contributed by atoms with E-state index >= 15 is 0 Å². The smallest absolute Gasteiger partial charge is 0.336 e. The lowest BCUT2D eigenvalue weighted by atomic mass is 10.1. The minimum absolute atomic E-state index is 0.131. The number of aryl methyl sites for hydroxylation is 1. The topological polar surface area (TPSA) is 161 Å². The van der Waals surface area contributed by atoms with Crippen LogP contribution in [0.3, 0.4) is 0 Å². The molecule has 0 spiro atoms. The van der Waals surface area contributed by atoms with Crippen LogP contribution in [-0.2, 0) is 22.6 Å². The third kappa shape index (κ3) is 4.45. The van der Waals surface area contributed by atoms with Gasteiger partial charge in [0.25, 0.3) is 11.8 Å². The van der Waals surface area contributed by atoms with Gasteiger partial charge in [0.05, 0.1) is 10.2 Å². The Balaban J connectivity index is 1.42. The van der Waals surface area contributed by atoms with Crippen LogP contribution in [0.4, 0.5) is 5.82 Å². The number of nitrogens with one attached hydrogen (secondary N) is 1. The fraction of sp³-hybridized carbons (Fsp3) is 0.222. The zero-order chi connectivity index (χ0) is 28.8. The Morgan fingerprint density at radius 2 is 2.00 bits per heavy atom. The molecule has 1 aliphatic rings. The maximum absolute atomic E-state index is 13.2. The number of amides is 2. The van der Waals surface area contributed by atoms with Gasteiger partial charge in [-0.3, -0.25) is 14.5 Å². The molecule has 6 rings (SSSR count). The van der Waals surface area contributed by atoms with Crippen molar-refractivity contribution >= 4 is 50.5 Å². The van der Waals surface area contributed by atoms with Gasteiger partial charge in [-0.05, 0) is 62.6 Å². The summed E-state index contributed by atoms with van der Waals surface area (Å²) in [4.78, 5) is 43.4. The lowest BCUT2D eigenvalue weighted by Gasteiger charge is -2.16. The quantitative estimate of drug-likeness (QED) is 0.261. The van der Waals surface area contributed by atoms with Gasteiger partial charge in [0, 0.05) is 31.0 Å². The van der Waals surface area contributed by atoms with Crippen molar-refractivity contribution in [2.75, 3.05) is 11.9 Å². The van der Waals surface area contributed by atoms with Gasteiger partial charge in [-0.1, -0.05) is 25.1 Å². The number of aromatic nitrogens is 6. The van der Waals surface area contributed by atoms with Crippen LogP contribution in [0.15, 0.2) is 57.7 Å². The molecule has 0 fully saturated rings. The molecular weight excluding hydrogens is 596 g/mol. The van der Waals surface area contributed by atoms with Crippen LogP contribution < -0.4 is 10.2 Å². The molecule has 13 nitrogen and oxygen atoms in total. The lowest BCUT2D eigenvalue weighted by molar-refractivity contribution is -0.142. The van der Waals surface area contributed by atoms with Crippen molar-refractivity contribution in [2.24, 2.45) is 0 Å². The van der Waals surface area contributed by atoms with Gasteiger partial charge in [0.15, 0.2) is 17.3 Å². The second-order valence-corrected chi connectivity index (χ2v) is 10.3. The van der Waals surface area contributed by atoms with Gasteiger partial charge >= 0.3 is 5.97 Å². The van der Waals surface area contributed by atoms with Crippen molar-refractivity contribution in [1.29, 1.82) is 0 Å². The number of carbonyl (C=O) groups excluding carboxylic acids is 2. The lowest BCUT2D eigenvalue weighted by Crippen LogP contribution is -2.49. The molecular formula is C27H23BrN8O5. The van der Waals surface area contributed by atoms with E-state index < -0.39 is 23.8 Å². The number of furan rings is 1. The van der Waals surface area contributed by atoms with Crippen molar-refractivity contribution in [2.45, 2.75) is 32.4 Å². The summed E-state index contributed by atoms with van der Waals surface area (Å²) < 4.78 is 10.3. The number of aliphatic carboxylic acids is 1. The predicted molar refractivity (Wildman–Crippen MR) is 150 cm³/mol. The van der Waals surface area contributed by atoms with Crippen molar-refractivity contribution in [1.82, 2.24) is 35.1 Å². The highest BCUT2D eigenvalue weighted by Gasteiger charge is 2.40. The fourth-order valence-corrected chi connectivity index (χ4v) is 5.57. The number of benzene rings is 2. The number of hydrogen-bond donors (Lipinski definition) is 2. The Hall–Kier alpha value is -4.85. The first-order chi connectivity index (χ1) is 19.8. The van der Waals surface area contributed by atoms with Crippen molar-refractivity contribution in [3.63, 3.8) is 0 Å². The average molecular weight is 619 g/mol. The fourth-order valence-electron chi connectivity index (χ4n) is 4.96. The summed E-state index contributed by atoms with van der Waals surface area (Å²) in [5, 5.41) is 24.1. The van der Waals surface area contributed by atoms with E-state index in [0.717, 1.165) is 38.0 Å². The zero-order valence-electron chi connectivity index (χ0n) is 21.9. The molecule has 0 bridgehead atoms. The standard InChI is InChI=1S/C27H23BrN8O5/c1-3-6-19-30-24-22(25(37)31-21(27(39)40)26(38)34(24)2)35(19)12-14-9-10-18-16(11-14)20(28)23(41-18)15-7-4-5-8-17(15)36-13-29-32-33-36/h4-5,7-11,13,21H,3,6,12H2,1-2H3,(H,31,37)(H,39,40). The molecule has 4 heterocycles. The number of tetrazole rings is 1. The minimum atomic E-state index is -1.70. The number of fused-ring (bicyclic) bond motifs is 2. The zero-order valence-corrected chi connectivity index (χ0v) is 23.5. The van der Waals surface area contributed by atoms with Crippen LogP contribution in [0, 0.1) is 0 Å². The van der Waals surface area contributed by atoms with E-state index in [9.17, 15) is 19.5 Å². The van der Waals surface area contributed by atoms with Gasteiger partial charge < -0.3 is 19.4 Å². The van der Waals surface area contributed by atoms with E-state index in [1.807, 2.05) is 49.4 Å². The Kier molecular flexibility index (Phi) is 6.61. The molecule has 208 valence electrons. The summed E-state index contributed by atoms with van der Waals surface area (Å²) in [6, 6.07) is 11.6. The van der Waals surface area contributed by atoms with Gasteiger partial charge in [-0.2, -0.15) is 4.68 Å². The van der Waals surface area contributed by atoms with Crippen LogP contribution >= 0.6 is 15.9 Å². The first-order valence-corrected chi connectivity index (χ1v) is 13.5. The van der Waals surface area contributed by atoms with Crippen molar-refractivity contribution in [3.8, 4) is 17.0 Å². The number of nitrogens with zero attached hydrogens (tertiary/aromatic N) is 7. The minimum Gasteiger partial charge on any atom is -0.479 e. The second-order valence-electron chi connectivity index (χ2n) is 9.53. The van der Waals surface area contributed by atoms with Crippen molar-refractivity contribution in [3.05, 3.63) is 70.3 Å². The van der Waals surface area contributed by atoms with Gasteiger partial charge in [0.1, 0.15) is 17.7 Å². The largest absolute Gasteiger partial charge is 0.479 e. The molecule has 41 heavy (non-hydrogen) atoms. The summed E-state index contributed by atoms with van der Waals surface area (Å²) in [5.74, 6) is -1.53. The summed E-state index contributed by atoms with van der Waals surface area (Å²) in [7, 11) is 1.42. The first kappa shape index (κ1) is 26.4. The number of rotatable bonds is 7. The summed E-state index contributed by atoms with van der Waals surface area (Å²) in [6.07, 6.45) is 2.82. The molecule has 1 aliphatic heterocycles. The molecule has 14 heteroatoms. The molecule has 5 aromatic rings. The molecule has 0 radical (unpaired) electrons. The number of imidazole rings is 1. The molecule has 0 saturated carbocycles. The van der Waals surface area contributed by atoms with Gasteiger partial charge in [-0.15, -0.1) is 5.10 Å². The van der Waals surface area contributed by atoms with Gasteiger partial charge in [0.2, 0.25) is 6.04 Å². The van der Waals surface area contributed by atoms with E-state index in [1.165, 1.54) is 13.4 Å². The normalized spacial score (nSPS) is 15.2. The van der Waals surface area contributed by atoms with Crippen LogP contribution in [-0.4, -0.2) is 65.7 Å². The van der Waals surface area contributed by atoms with Crippen LogP contribution in [0.2, 0.25) is 0 Å². The number of carboxylic acid groups (broad SMARTS) is 1. The number of carbonyl (C=O) groups is 3.